The molecule has 3 nitrogen and oxygen atoms in total. The monoisotopic (exact) mass is 195 g/mol. The van der Waals surface area contributed by atoms with E-state index in [1.165, 1.54) is 0 Å². The molecule has 1 heterocycles. The fourth-order valence-electron chi connectivity index (χ4n) is 1.36. The van der Waals surface area contributed by atoms with E-state index in [1.54, 1.807) is 6.20 Å². The molecule has 0 amide bonds. The lowest BCUT2D eigenvalue weighted by Crippen LogP contribution is -2.19. The highest BCUT2D eigenvalue weighted by Gasteiger charge is 2.20. The summed E-state index contributed by atoms with van der Waals surface area (Å²) >= 11 is 0. The average molecular weight is 195 g/mol. The third-order valence-corrected chi connectivity index (χ3v) is 2.07. The number of rotatable bonds is 3. The van der Waals surface area contributed by atoms with Gasteiger partial charge in [-0.2, -0.15) is 0 Å². The Bertz CT molecular complexity index is 232. The molecule has 0 unspecified atom stereocenters. The van der Waals surface area contributed by atoms with Crippen LogP contribution in [0.15, 0.2) is 12.3 Å². The van der Waals surface area contributed by atoms with Crippen LogP contribution in [-0.2, 0) is 5.41 Å². The molecule has 1 aromatic heterocycles. The zero-order chi connectivity index (χ0) is 11.0. The van der Waals surface area contributed by atoms with Crippen LogP contribution in [0.2, 0.25) is 0 Å². The molecule has 0 radical (unpaired) electrons. The summed E-state index contributed by atoms with van der Waals surface area (Å²) in [5, 5.41) is 11.3. The van der Waals surface area contributed by atoms with E-state index >= 15 is 0 Å². The van der Waals surface area contributed by atoms with E-state index in [-0.39, 0.29) is 5.41 Å². The molecule has 80 valence electrons. The Morgan fingerprint density at radius 1 is 1.29 bits per heavy atom. The smallest absolute Gasteiger partial charge is 0.0720 e. The largest absolute Gasteiger partial charge is 0.139 e. The Hall–Kier alpha value is -0.990. The lowest BCUT2D eigenvalue weighted by Gasteiger charge is -2.21. The fourth-order valence-corrected chi connectivity index (χ4v) is 1.36. The fraction of sp³-hybridized carbons (Fsp3) is 0.727. The maximum Gasteiger partial charge on any atom is 0.0720 e. The van der Waals surface area contributed by atoms with Gasteiger partial charge in [0.25, 0.3) is 0 Å². The predicted molar refractivity (Wildman–Crippen MR) is 59.1 cm³/mol. The number of hydrogen-bond donors (Lipinski definition) is 0. The summed E-state index contributed by atoms with van der Waals surface area (Å²) < 4.78 is 0. The maximum atomic E-state index is 4.01. The van der Waals surface area contributed by atoms with Crippen LogP contribution < -0.4 is 0 Å². The Kier molecular flexibility index (Phi) is 6.00. The quantitative estimate of drug-likeness (QED) is 0.744. The second kappa shape index (κ2) is 6.46. The molecule has 0 spiro atoms. The summed E-state index contributed by atoms with van der Waals surface area (Å²) in [4.78, 5) is 0. The van der Waals surface area contributed by atoms with E-state index in [4.69, 9.17) is 0 Å². The molecule has 3 heteroatoms. The van der Waals surface area contributed by atoms with E-state index in [0.717, 1.165) is 18.5 Å². The summed E-state index contributed by atoms with van der Waals surface area (Å²) in [5.74, 6) is 0. The Morgan fingerprint density at radius 3 is 2.36 bits per heavy atom. The van der Waals surface area contributed by atoms with Crippen molar-refractivity contribution < 1.29 is 0 Å². The Balaban J connectivity index is 0.000000791. The third-order valence-electron chi connectivity index (χ3n) is 2.07. The minimum Gasteiger partial charge on any atom is -0.139 e. The van der Waals surface area contributed by atoms with Gasteiger partial charge in [-0.1, -0.05) is 41.0 Å². The molecule has 0 saturated heterocycles. The highest BCUT2D eigenvalue weighted by molar-refractivity contribution is 5.09. The van der Waals surface area contributed by atoms with Crippen LogP contribution >= 0.6 is 0 Å². The first-order valence-electron chi connectivity index (χ1n) is 5.31. The Morgan fingerprint density at radius 2 is 1.93 bits per heavy atom. The summed E-state index contributed by atoms with van der Waals surface area (Å²) in [6.07, 6.45) is 3.99. The van der Waals surface area contributed by atoms with Crippen LogP contribution in [0.4, 0.5) is 0 Å². The van der Waals surface area contributed by atoms with Crippen molar-refractivity contribution in [1.82, 2.24) is 15.4 Å². The van der Waals surface area contributed by atoms with Crippen LogP contribution in [0.5, 0.6) is 0 Å². The van der Waals surface area contributed by atoms with Crippen molar-refractivity contribution in [3.8, 4) is 0 Å². The van der Waals surface area contributed by atoms with Crippen molar-refractivity contribution >= 4 is 0 Å². The van der Waals surface area contributed by atoms with Gasteiger partial charge in [0.05, 0.1) is 11.9 Å². The van der Waals surface area contributed by atoms with E-state index in [9.17, 15) is 0 Å². The maximum absolute atomic E-state index is 4.01. The molecule has 14 heavy (non-hydrogen) atoms. The van der Waals surface area contributed by atoms with Gasteiger partial charge < -0.3 is 0 Å². The summed E-state index contributed by atoms with van der Waals surface area (Å²) in [6.45, 7) is 10.5. The van der Waals surface area contributed by atoms with Gasteiger partial charge in [-0.15, -0.1) is 10.2 Å². The predicted octanol–water partition coefficient (Wildman–Crippen LogP) is 2.98. The molecule has 0 aromatic carbocycles. The van der Waals surface area contributed by atoms with E-state index in [2.05, 4.69) is 36.2 Å². The summed E-state index contributed by atoms with van der Waals surface area (Å²) in [5.41, 5.74) is 1.16. The molecular formula is C11H21N3. The minimum atomic E-state index is 0.130. The molecule has 0 aliphatic rings. The van der Waals surface area contributed by atoms with Crippen molar-refractivity contribution in [3.63, 3.8) is 0 Å². The van der Waals surface area contributed by atoms with Crippen LogP contribution in [0.1, 0.15) is 53.2 Å². The third kappa shape index (κ3) is 3.81. The highest BCUT2D eigenvalue weighted by atomic mass is 15.3. The van der Waals surface area contributed by atoms with Gasteiger partial charge in [-0.3, -0.25) is 0 Å². The standard InChI is InChI=1S/C9H15N3.C2H6/c1-4-6-9(2,3)8-5-7-10-12-11-8;1-2/h5,7H,4,6H2,1-3H3;1-2H3. The van der Waals surface area contributed by atoms with Gasteiger partial charge in [-0.25, -0.2) is 0 Å². The van der Waals surface area contributed by atoms with E-state index in [1.807, 2.05) is 19.9 Å². The van der Waals surface area contributed by atoms with Gasteiger partial charge in [0.1, 0.15) is 0 Å². The average Bonchev–Trinajstić information content (AvgIpc) is 2.22. The molecule has 0 aliphatic carbocycles. The topological polar surface area (TPSA) is 38.7 Å². The first kappa shape index (κ1) is 13.0. The zero-order valence-electron chi connectivity index (χ0n) is 9.91. The van der Waals surface area contributed by atoms with Gasteiger partial charge >= 0.3 is 0 Å². The van der Waals surface area contributed by atoms with Crippen LogP contribution in [0, 0.1) is 0 Å². The number of nitrogens with zero attached hydrogens (tertiary/aromatic N) is 3. The van der Waals surface area contributed by atoms with Crippen molar-refractivity contribution in [3.05, 3.63) is 18.0 Å². The zero-order valence-corrected chi connectivity index (χ0v) is 9.91. The van der Waals surface area contributed by atoms with Gasteiger partial charge in [0.2, 0.25) is 0 Å². The van der Waals surface area contributed by atoms with Crippen molar-refractivity contribution in [2.24, 2.45) is 0 Å². The summed E-state index contributed by atoms with van der Waals surface area (Å²) in [7, 11) is 0. The lowest BCUT2D eigenvalue weighted by atomic mass is 9.85. The lowest BCUT2D eigenvalue weighted by molar-refractivity contribution is 0.450. The van der Waals surface area contributed by atoms with Gasteiger partial charge in [-0.05, 0) is 17.7 Å². The van der Waals surface area contributed by atoms with E-state index < -0.39 is 0 Å². The minimum absolute atomic E-state index is 0.130. The SMILES string of the molecule is CC.CCCC(C)(C)c1ccnnn1. The van der Waals surface area contributed by atoms with E-state index in [0.29, 0.717) is 0 Å². The first-order chi connectivity index (χ1) is 6.67. The molecule has 0 N–H and O–H groups in total. The molecule has 1 rings (SSSR count). The second-order valence-electron chi connectivity index (χ2n) is 3.64. The molecule has 0 fully saturated rings. The van der Waals surface area contributed by atoms with Gasteiger partial charge in [0.15, 0.2) is 0 Å². The van der Waals surface area contributed by atoms with Crippen LogP contribution in [0.3, 0.4) is 0 Å². The van der Waals surface area contributed by atoms with Crippen molar-refractivity contribution in [2.45, 2.75) is 52.9 Å². The number of hydrogen-bond acceptors (Lipinski definition) is 3. The van der Waals surface area contributed by atoms with Crippen LogP contribution in [0.25, 0.3) is 0 Å². The molecular weight excluding hydrogens is 174 g/mol. The molecule has 1 aromatic rings. The van der Waals surface area contributed by atoms with Crippen molar-refractivity contribution in [2.75, 3.05) is 0 Å². The molecule has 0 saturated carbocycles. The van der Waals surface area contributed by atoms with Crippen molar-refractivity contribution in [1.29, 1.82) is 0 Å². The summed E-state index contributed by atoms with van der Waals surface area (Å²) in [6, 6.07) is 1.93. The molecule has 0 aliphatic heterocycles. The number of aromatic nitrogens is 3. The second-order valence-corrected chi connectivity index (χ2v) is 3.64. The first-order valence-corrected chi connectivity index (χ1v) is 5.31. The van der Waals surface area contributed by atoms with Gasteiger partial charge in [0, 0.05) is 5.41 Å². The van der Waals surface area contributed by atoms with Crippen LogP contribution in [-0.4, -0.2) is 15.4 Å². The molecule has 0 bridgehead atoms. The molecule has 0 atom stereocenters. The normalized spacial score (nSPS) is 10.4. The highest BCUT2D eigenvalue weighted by Crippen LogP contribution is 2.25. The Labute approximate surface area is 87.0 Å².